The maximum absolute atomic E-state index is 12.9. The Hall–Kier alpha value is -1.02. The maximum atomic E-state index is 12.9. The first-order chi connectivity index (χ1) is 11.9. The van der Waals surface area contributed by atoms with Crippen LogP contribution >= 0.6 is 23.2 Å². The number of rotatable bonds is 2. The molecule has 0 aromatic heterocycles. The largest absolute Gasteiger partial charge is 0.325 e. The standard InChI is InChI=1S/C16H21Cl2N3O3S/c17-13-5-4-6-14(18)15(13)25(23,24)21-11-9-20(10-12-21)16(22)19-7-2-1-3-8-19/h4-6H,1-3,7-12H2. The minimum atomic E-state index is -3.78. The molecule has 2 aliphatic heterocycles. The highest BCUT2D eigenvalue weighted by Gasteiger charge is 2.34. The van der Waals surface area contributed by atoms with Gasteiger partial charge in [0.2, 0.25) is 10.0 Å². The molecule has 0 spiro atoms. The fourth-order valence-electron chi connectivity index (χ4n) is 3.26. The number of halogens is 2. The minimum absolute atomic E-state index is 0.00697. The van der Waals surface area contributed by atoms with Crippen molar-refractivity contribution in [2.24, 2.45) is 0 Å². The van der Waals surface area contributed by atoms with Gasteiger partial charge in [0, 0.05) is 39.3 Å². The van der Waals surface area contributed by atoms with Crippen molar-refractivity contribution in [3.05, 3.63) is 28.2 Å². The van der Waals surface area contributed by atoms with Gasteiger partial charge in [-0.15, -0.1) is 0 Å². The molecule has 0 radical (unpaired) electrons. The Labute approximate surface area is 158 Å². The van der Waals surface area contributed by atoms with Crippen LogP contribution in [0.1, 0.15) is 19.3 Å². The fraction of sp³-hybridized carbons (Fsp3) is 0.562. The zero-order valence-electron chi connectivity index (χ0n) is 13.8. The Balaban J connectivity index is 1.68. The first kappa shape index (κ1) is 18.8. The van der Waals surface area contributed by atoms with Crippen molar-refractivity contribution in [2.75, 3.05) is 39.3 Å². The van der Waals surface area contributed by atoms with Crippen LogP contribution in [0.3, 0.4) is 0 Å². The first-order valence-corrected chi connectivity index (χ1v) is 10.6. The molecule has 0 aliphatic carbocycles. The summed E-state index contributed by atoms with van der Waals surface area (Å²) in [6.45, 7) is 2.79. The average Bonchev–Trinajstić information content (AvgIpc) is 2.61. The summed E-state index contributed by atoms with van der Waals surface area (Å²) >= 11 is 12.1. The number of sulfonamides is 1. The van der Waals surface area contributed by atoms with Crippen LogP contribution in [0.4, 0.5) is 4.79 Å². The molecule has 0 unspecified atom stereocenters. The maximum Gasteiger partial charge on any atom is 0.320 e. The van der Waals surface area contributed by atoms with E-state index < -0.39 is 10.0 Å². The predicted octanol–water partition coefficient (Wildman–Crippen LogP) is 2.91. The third-order valence-corrected chi connectivity index (χ3v) is 7.51. The minimum Gasteiger partial charge on any atom is -0.325 e. The van der Waals surface area contributed by atoms with Crippen LogP contribution in [0.25, 0.3) is 0 Å². The summed E-state index contributed by atoms with van der Waals surface area (Å²) in [4.78, 5) is 16.1. The van der Waals surface area contributed by atoms with Crippen LogP contribution in [0.2, 0.25) is 10.0 Å². The molecule has 0 atom stereocenters. The second-order valence-electron chi connectivity index (χ2n) is 6.27. The molecule has 9 heteroatoms. The summed E-state index contributed by atoms with van der Waals surface area (Å²) in [7, 11) is -3.78. The molecule has 2 aliphatic rings. The van der Waals surface area contributed by atoms with E-state index in [1.807, 2.05) is 4.90 Å². The van der Waals surface area contributed by atoms with E-state index in [1.54, 1.807) is 11.0 Å². The number of carbonyl (C=O) groups is 1. The van der Waals surface area contributed by atoms with Crippen LogP contribution in [0.15, 0.2) is 23.1 Å². The lowest BCUT2D eigenvalue weighted by Gasteiger charge is -2.38. The van der Waals surface area contributed by atoms with E-state index in [2.05, 4.69) is 0 Å². The van der Waals surface area contributed by atoms with Crippen molar-refractivity contribution >= 4 is 39.3 Å². The Morgan fingerprint density at radius 3 is 1.92 bits per heavy atom. The molecule has 0 saturated carbocycles. The second-order valence-corrected chi connectivity index (χ2v) is 8.96. The molecule has 3 rings (SSSR count). The van der Waals surface area contributed by atoms with Crippen molar-refractivity contribution in [3.63, 3.8) is 0 Å². The summed E-state index contributed by atoms with van der Waals surface area (Å²) in [5.41, 5.74) is 0. The van der Waals surface area contributed by atoms with E-state index in [1.165, 1.54) is 16.4 Å². The highest BCUT2D eigenvalue weighted by Crippen LogP contribution is 2.32. The van der Waals surface area contributed by atoms with E-state index in [0.29, 0.717) is 13.1 Å². The molecule has 0 bridgehead atoms. The van der Waals surface area contributed by atoms with Crippen molar-refractivity contribution in [1.82, 2.24) is 14.1 Å². The smallest absolute Gasteiger partial charge is 0.320 e. The normalized spacial score (nSPS) is 19.9. The molecule has 2 fully saturated rings. The molecule has 25 heavy (non-hydrogen) atoms. The van der Waals surface area contributed by atoms with Crippen LogP contribution in [0, 0.1) is 0 Å². The van der Waals surface area contributed by atoms with Gasteiger partial charge in [-0.2, -0.15) is 4.31 Å². The third kappa shape index (κ3) is 3.89. The quantitative estimate of drug-likeness (QED) is 0.759. The lowest BCUT2D eigenvalue weighted by atomic mass is 10.1. The van der Waals surface area contributed by atoms with Crippen LogP contribution < -0.4 is 0 Å². The molecule has 2 amide bonds. The Bertz CT molecular complexity index is 723. The number of hydrogen-bond donors (Lipinski definition) is 0. The number of nitrogens with zero attached hydrogens (tertiary/aromatic N) is 3. The summed E-state index contributed by atoms with van der Waals surface area (Å²) < 4.78 is 27.0. The number of benzene rings is 1. The predicted molar refractivity (Wildman–Crippen MR) is 97.6 cm³/mol. The van der Waals surface area contributed by atoms with E-state index in [-0.39, 0.29) is 34.1 Å². The average molecular weight is 406 g/mol. The van der Waals surface area contributed by atoms with E-state index >= 15 is 0 Å². The number of piperidine rings is 1. The molecule has 138 valence electrons. The Morgan fingerprint density at radius 2 is 1.36 bits per heavy atom. The lowest BCUT2D eigenvalue weighted by Crippen LogP contribution is -2.54. The third-order valence-electron chi connectivity index (χ3n) is 4.65. The van der Waals surface area contributed by atoms with E-state index in [0.717, 1.165) is 32.4 Å². The number of urea groups is 1. The van der Waals surface area contributed by atoms with Gasteiger partial charge in [0.1, 0.15) is 4.90 Å². The van der Waals surface area contributed by atoms with Gasteiger partial charge in [-0.3, -0.25) is 0 Å². The van der Waals surface area contributed by atoms with Crippen molar-refractivity contribution in [3.8, 4) is 0 Å². The number of carbonyl (C=O) groups excluding carboxylic acids is 1. The van der Waals surface area contributed by atoms with Crippen LogP contribution in [-0.2, 0) is 10.0 Å². The highest BCUT2D eigenvalue weighted by molar-refractivity contribution is 7.89. The molecule has 6 nitrogen and oxygen atoms in total. The highest BCUT2D eigenvalue weighted by atomic mass is 35.5. The van der Waals surface area contributed by atoms with E-state index in [4.69, 9.17) is 23.2 Å². The van der Waals surface area contributed by atoms with Gasteiger partial charge in [0.05, 0.1) is 10.0 Å². The number of amides is 2. The molecule has 2 heterocycles. The zero-order chi connectivity index (χ0) is 18.0. The summed E-state index contributed by atoms with van der Waals surface area (Å²) in [5.74, 6) is 0. The van der Waals surface area contributed by atoms with Crippen molar-refractivity contribution < 1.29 is 13.2 Å². The Morgan fingerprint density at radius 1 is 0.840 bits per heavy atom. The van der Waals surface area contributed by atoms with Gasteiger partial charge in [-0.25, -0.2) is 13.2 Å². The molecule has 2 saturated heterocycles. The van der Waals surface area contributed by atoms with Crippen molar-refractivity contribution in [2.45, 2.75) is 24.2 Å². The van der Waals surface area contributed by atoms with Crippen molar-refractivity contribution in [1.29, 1.82) is 0 Å². The monoisotopic (exact) mass is 405 g/mol. The van der Waals surface area contributed by atoms with Gasteiger partial charge in [-0.05, 0) is 31.4 Å². The zero-order valence-corrected chi connectivity index (χ0v) is 16.2. The molecule has 1 aromatic carbocycles. The first-order valence-electron chi connectivity index (χ1n) is 8.39. The number of piperazine rings is 1. The lowest BCUT2D eigenvalue weighted by molar-refractivity contribution is 0.126. The van der Waals surface area contributed by atoms with E-state index in [9.17, 15) is 13.2 Å². The topological polar surface area (TPSA) is 60.9 Å². The molecular formula is C16H21Cl2N3O3S. The Kier molecular flexibility index (Phi) is 5.78. The number of likely N-dealkylation sites (tertiary alicyclic amines) is 1. The fourth-order valence-corrected chi connectivity index (χ4v) is 5.78. The number of hydrogen-bond acceptors (Lipinski definition) is 3. The van der Waals surface area contributed by atoms with Crippen LogP contribution in [-0.4, -0.2) is 67.8 Å². The molecular weight excluding hydrogens is 385 g/mol. The SMILES string of the molecule is O=C(N1CCCCC1)N1CCN(S(=O)(=O)c2c(Cl)cccc2Cl)CC1. The van der Waals surface area contributed by atoms with Gasteiger partial charge in [-0.1, -0.05) is 29.3 Å². The molecule has 1 aromatic rings. The van der Waals surface area contributed by atoms with Gasteiger partial charge < -0.3 is 9.80 Å². The van der Waals surface area contributed by atoms with Gasteiger partial charge in [0.25, 0.3) is 0 Å². The van der Waals surface area contributed by atoms with Gasteiger partial charge >= 0.3 is 6.03 Å². The summed E-state index contributed by atoms with van der Waals surface area (Å²) in [5, 5.41) is 0.221. The summed E-state index contributed by atoms with van der Waals surface area (Å²) in [6, 6.07) is 4.64. The second kappa shape index (κ2) is 7.70. The van der Waals surface area contributed by atoms with Crippen LogP contribution in [0.5, 0.6) is 0 Å². The summed E-state index contributed by atoms with van der Waals surface area (Å²) in [6.07, 6.45) is 3.23. The molecule has 0 N–H and O–H groups in total. The van der Waals surface area contributed by atoms with Gasteiger partial charge in [0.15, 0.2) is 0 Å².